The van der Waals surface area contributed by atoms with Crippen LogP contribution < -0.4 is 5.32 Å². The second-order valence-corrected chi connectivity index (χ2v) is 7.64. The number of nitrogens with one attached hydrogen (secondary N) is 1. The molecule has 0 aromatic carbocycles. The molecule has 0 aromatic heterocycles. The molecule has 0 aliphatic carbocycles. The summed E-state index contributed by atoms with van der Waals surface area (Å²) in [6.07, 6.45) is -0.518. The number of hydrogen-bond acceptors (Lipinski definition) is 7. The number of carbonyl (C=O) groups excluding carboxylic acids is 3. The van der Waals surface area contributed by atoms with Gasteiger partial charge in [0, 0.05) is 19.6 Å². The van der Waals surface area contributed by atoms with E-state index in [9.17, 15) is 19.2 Å². The minimum absolute atomic E-state index is 0.238. The van der Waals surface area contributed by atoms with E-state index in [1.807, 2.05) is 0 Å². The molecule has 0 bridgehead atoms. The van der Waals surface area contributed by atoms with E-state index < -0.39 is 36.0 Å². The molecular weight excluding hydrogens is 358 g/mol. The quantitative estimate of drug-likeness (QED) is 0.603. The van der Waals surface area contributed by atoms with Gasteiger partial charge in [-0.05, 0) is 27.2 Å². The maximum absolute atomic E-state index is 12.6. The van der Waals surface area contributed by atoms with Gasteiger partial charge < -0.3 is 29.6 Å². The summed E-state index contributed by atoms with van der Waals surface area (Å²) in [4.78, 5) is 49.9. The van der Waals surface area contributed by atoms with Crippen LogP contribution in [-0.2, 0) is 23.9 Å². The molecule has 27 heavy (non-hydrogen) atoms. The molecule has 0 spiro atoms. The number of morpholine rings is 1. The lowest BCUT2D eigenvalue weighted by Crippen LogP contribution is -2.56. The van der Waals surface area contributed by atoms with Crippen LogP contribution in [0.3, 0.4) is 0 Å². The van der Waals surface area contributed by atoms with Crippen LogP contribution in [0.5, 0.6) is 0 Å². The van der Waals surface area contributed by atoms with E-state index in [1.54, 1.807) is 25.7 Å². The number of alkyl carbamates (subject to hydrolysis) is 1. The van der Waals surface area contributed by atoms with Gasteiger partial charge >= 0.3 is 12.1 Å². The van der Waals surface area contributed by atoms with Crippen molar-refractivity contribution in [3.05, 3.63) is 0 Å². The van der Waals surface area contributed by atoms with E-state index >= 15 is 0 Å². The van der Waals surface area contributed by atoms with Gasteiger partial charge in [-0.1, -0.05) is 0 Å². The molecule has 0 saturated carbocycles. The number of rotatable bonds is 6. The van der Waals surface area contributed by atoms with E-state index in [4.69, 9.17) is 14.6 Å². The largest absolute Gasteiger partial charge is 0.481 e. The number of amides is 2. The van der Waals surface area contributed by atoms with Gasteiger partial charge in [0.05, 0.1) is 19.1 Å². The van der Waals surface area contributed by atoms with Crippen molar-refractivity contribution >= 4 is 24.3 Å². The standard InChI is InChI=1S/C17H27N3O7/c1-17(2,3)27-16(25)18-12-4-5-20(15(12)24)13-9-19(6-7-26-13)11(10-21)8-14(22)23/h10-13H,4-9H2,1-3H3,(H,18,25)(H,22,23)/t11-,12-,13?/m0/s1. The number of ether oxygens (including phenoxy) is 2. The summed E-state index contributed by atoms with van der Waals surface area (Å²) >= 11 is 0. The minimum Gasteiger partial charge on any atom is -0.481 e. The number of likely N-dealkylation sites (tertiary alicyclic amines) is 1. The summed E-state index contributed by atoms with van der Waals surface area (Å²) in [6, 6.07) is -1.46. The van der Waals surface area contributed by atoms with Crippen molar-refractivity contribution in [1.82, 2.24) is 15.1 Å². The number of carboxylic acids is 1. The van der Waals surface area contributed by atoms with Crippen molar-refractivity contribution in [2.75, 3.05) is 26.2 Å². The first-order chi connectivity index (χ1) is 12.6. The van der Waals surface area contributed by atoms with Crippen LogP contribution in [0.1, 0.15) is 33.6 Å². The SMILES string of the molecule is CC(C)(C)OC(=O)N[C@H]1CCN(C2CN([C@H](C=O)CC(=O)O)CCO2)C1=O. The summed E-state index contributed by atoms with van der Waals surface area (Å²) in [5, 5.41) is 11.5. The van der Waals surface area contributed by atoms with Gasteiger partial charge in [0.1, 0.15) is 24.2 Å². The average molecular weight is 385 g/mol. The zero-order chi connectivity index (χ0) is 20.2. The summed E-state index contributed by atoms with van der Waals surface area (Å²) in [5.41, 5.74) is -0.660. The van der Waals surface area contributed by atoms with Crippen molar-refractivity contribution in [3.8, 4) is 0 Å². The molecule has 2 rings (SSSR count). The molecule has 2 aliphatic rings. The molecule has 2 aliphatic heterocycles. The fourth-order valence-electron chi connectivity index (χ4n) is 3.15. The lowest BCUT2D eigenvalue weighted by atomic mass is 10.1. The van der Waals surface area contributed by atoms with E-state index in [2.05, 4.69) is 5.32 Å². The van der Waals surface area contributed by atoms with Crippen molar-refractivity contribution in [1.29, 1.82) is 0 Å². The first-order valence-electron chi connectivity index (χ1n) is 8.93. The van der Waals surface area contributed by atoms with Gasteiger partial charge in [0.2, 0.25) is 5.91 Å². The monoisotopic (exact) mass is 385 g/mol. The predicted molar refractivity (Wildman–Crippen MR) is 92.9 cm³/mol. The minimum atomic E-state index is -1.06. The highest BCUT2D eigenvalue weighted by Crippen LogP contribution is 2.20. The van der Waals surface area contributed by atoms with Gasteiger partial charge in [-0.25, -0.2) is 4.79 Å². The molecule has 2 N–H and O–H groups in total. The zero-order valence-corrected chi connectivity index (χ0v) is 15.8. The maximum atomic E-state index is 12.6. The van der Waals surface area contributed by atoms with Crippen LogP contribution in [-0.4, -0.2) is 89.3 Å². The number of aliphatic carboxylic acids is 1. The van der Waals surface area contributed by atoms with Crippen LogP contribution in [0.4, 0.5) is 4.79 Å². The van der Waals surface area contributed by atoms with Crippen molar-refractivity contribution in [2.45, 2.75) is 57.5 Å². The lowest BCUT2D eigenvalue weighted by molar-refractivity contribution is -0.156. The maximum Gasteiger partial charge on any atom is 0.408 e. The second kappa shape index (κ2) is 8.66. The van der Waals surface area contributed by atoms with Crippen LogP contribution in [0.25, 0.3) is 0 Å². The van der Waals surface area contributed by atoms with Crippen molar-refractivity contribution < 1.29 is 33.8 Å². The fourth-order valence-corrected chi connectivity index (χ4v) is 3.15. The summed E-state index contributed by atoms with van der Waals surface area (Å²) < 4.78 is 10.8. The summed E-state index contributed by atoms with van der Waals surface area (Å²) in [7, 11) is 0. The Morgan fingerprint density at radius 2 is 2.11 bits per heavy atom. The normalized spacial score (nSPS) is 25.1. The lowest BCUT2D eigenvalue weighted by Gasteiger charge is -2.39. The third kappa shape index (κ3) is 5.90. The van der Waals surface area contributed by atoms with E-state index in [0.29, 0.717) is 25.8 Å². The van der Waals surface area contributed by atoms with E-state index in [0.717, 1.165) is 0 Å². The summed E-state index contributed by atoms with van der Waals surface area (Å²) in [5.74, 6) is -1.34. The molecule has 2 amide bonds. The molecule has 0 aromatic rings. The van der Waals surface area contributed by atoms with Gasteiger partial charge in [-0.2, -0.15) is 0 Å². The molecule has 2 saturated heterocycles. The topological polar surface area (TPSA) is 125 Å². The van der Waals surface area contributed by atoms with E-state index in [-0.39, 0.29) is 25.5 Å². The number of aldehydes is 1. The van der Waals surface area contributed by atoms with Gasteiger partial charge in [0.15, 0.2) is 0 Å². The van der Waals surface area contributed by atoms with Gasteiger partial charge in [-0.15, -0.1) is 0 Å². The Balaban J connectivity index is 1.94. The highest BCUT2D eigenvalue weighted by molar-refractivity contribution is 5.87. The number of carbonyl (C=O) groups is 4. The Kier molecular flexibility index (Phi) is 6.77. The van der Waals surface area contributed by atoms with Crippen molar-refractivity contribution in [2.24, 2.45) is 0 Å². The summed E-state index contributed by atoms with van der Waals surface area (Å²) in [6.45, 7) is 6.53. The molecule has 3 atom stereocenters. The molecule has 152 valence electrons. The molecule has 1 unspecified atom stereocenters. The third-order valence-electron chi connectivity index (χ3n) is 4.37. The Hall–Kier alpha value is -2.20. The van der Waals surface area contributed by atoms with E-state index in [1.165, 1.54) is 4.90 Å². The molecule has 2 heterocycles. The van der Waals surface area contributed by atoms with Gasteiger partial charge in [0.25, 0.3) is 0 Å². The molecule has 2 fully saturated rings. The molecule has 0 radical (unpaired) electrons. The first kappa shape index (κ1) is 21.1. The molecule has 10 heteroatoms. The number of nitrogens with zero attached hydrogens (tertiary/aromatic N) is 2. The number of hydrogen-bond donors (Lipinski definition) is 2. The Morgan fingerprint density at radius 1 is 1.41 bits per heavy atom. The van der Waals surface area contributed by atoms with Crippen LogP contribution in [0, 0.1) is 0 Å². The number of carboxylic acid groups (broad SMARTS) is 1. The van der Waals surface area contributed by atoms with Crippen LogP contribution in [0.15, 0.2) is 0 Å². The molecular formula is C17H27N3O7. The average Bonchev–Trinajstić information content (AvgIpc) is 2.91. The highest BCUT2D eigenvalue weighted by atomic mass is 16.6. The van der Waals surface area contributed by atoms with Crippen LogP contribution in [0.2, 0.25) is 0 Å². The predicted octanol–water partition coefficient (Wildman–Crippen LogP) is -0.187. The Bertz CT molecular complexity index is 590. The van der Waals surface area contributed by atoms with Gasteiger partial charge in [-0.3, -0.25) is 14.5 Å². The second-order valence-electron chi connectivity index (χ2n) is 7.64. The smallest absolute Gasteiger partial charge is 0.408 e. The highest BCUT2D eigenvalue weighted by Gasteiger charge is 2.40. The van der Waals surface area contributed by atoms with Crippen LogP contribution >= 0.6 is 0 Å². The third-order valence-corrected chi connectivity index (χ3v) is 4.37. The first-order valence-corrected chi connectivity index (χ1v) is 8.93. The zero-order valence-electron chi connectivity index (χ0n) is 15.8. The Labute approximate surface area is 157 Å². The van der Waals surface area contributed by atoms with Crippen molar-refractivity contribution in [3.63, 3.8) is 0 Å². The molecule has 10 nitrogen and oxygen atoms in total. The fraction of sp³-hybridized carbons (Fsp3) is 0.765. The Morgan fingerprint density at radius 3 is 2.70 bits per heavy atom.